The lowest BCUT2D eigenvalue weighted by atomic mass is 10.0. The predicted octanol–water partition coefficient (Wildman–Crippen LogP) is 2.35. The minimum atomic E-state index is -0.0288. The number of nitrogens with zero attached hydrogens (tertiary/aromatic N) is 2. The zero-order valence-electron chi connectivity index (χ0n) is 18.5. The molecule has 2 amide bonds. The summed E-state index contributed by atoms with van der Waals surface area (Å²) in [5.74, 6) is -0.0310. The van der Waals surface area contributed by atoms with Crippen LogP contribution in [0.2, 0.25) is 0 Å². The van der Waals surface area contributed by atoms with Gasteiger partial charge < -0.3 is 15.4 Å². The van der Waals surface area contributed by atoms with Crippen LogP contribution in [0.4, 0.5) is 5.69 Å². The van der Waals surface area contributed by atoms with E-state index in [2.05, 4.69) is 32.6 Å². The summed E-state index contributed by atoms with van der Waals surface area (Å²) < 4.78 is 5.39. The minimum absolute atomic E-state index is 0.00213. The minimum Gasteiger partial charge on any atom is -0.379 e. The van der Waals surface area contributed by atoms with E-state index in [-0.39, 0.29) is 17.9 Å². The molecule has 2 heterocycles. The summed E-state index contributed by atoms with van der Waals surface area (Å²) in [6, 6.07) is 17.5. The van der Waals surface area contributed by atoms with Gasteiger partial charge in [-0.1, -0.05) is 30.3 Å². The Kier molecular flexibility index (Phi) is 7.87. The van der Waals surface area contributed by atoms with Crippen LogP contribution in [-0.4, -0.2) is 73.6 Å². The number of hydrogen-bond acceptors (Lipinski definition) is 5. The Balaban J connectivity index is 1.17. The van der Waals surface area contributed by atoms with Gasteiger partial charge in [-0.15, -0.1) is 0 Å². The van der Waals surface area contributed by atoms with Gasteiger partial charge in [-0.3, -0.25) is 19.4 Å². The van der Waals surface area contributed by atoms with Gasteiger partial charge in [0, 0.05) is 50.0 Å². The highest BCUT2D eigenvalue weighted by atomic mass is 16.5. The summed E-state index contributed by atoms with van der Waals surface area (Å²) in [6.45, 7) is 6.39. The van der Waals surface area contributed by atoms with Crippen molar-refractivity contribution in [3.8, 4) is 0 Å². The molecule has 0 radical (unpaired) electrons. The molecule has 170 valence electrons. The molecule has 2 aliphatic rings. The summed E-state index contributed by atoms with van der Waals surface area (Å²) in [4.78, 5) is 29.3. The quantitative estimate of drug-likeness (QED) is 0.697. The molecule has 2 saturated heterocycles. The van der Waals surface area contributed by atoms with Crippen molar-refractivity contribution in [3.63, 3.8) is 0 Å². The number of anilines is 1. The molecule has 0 atom stereocenters. The molecule has 2 aromatic rings. The molecule has 0 saturated carbocycles. The molecule has 4 rings (SSSR count). The van der Waals surface area contributed by atoms with E-state index < -0.39 is 0 Å². The molecule has 0 spiro atoms. The van der Waals surface area contributed by atoms with Crippen LogP contribution in [0.25, 0.3) is 0 Å². The van der Waals surface area contributed by atoms with E-state index >= 15 is 0 Å². The topological polar surface area (TPSA) is 73.9 Å². The van der Waals surface area contributed by atoms with Crippen molar-refractivity contribution in [1.82, 2.24) is 15.1 Å². The Bertz CT molecular complexity index is 874. The van der Waals surface area contributed by atoms with Crippen LogP contribution in [0, 0.1) is 0 Å². The lowest BCUT2D eigenvalue weighted by molar-refractivity contribution is -0.117. The highest BCUT2D eigenvalue weighted by Gasteiger charge is 2.22. The van der Waals surface area contributed by atoms with Crippen LogP contribution in [0.3, 0.4) is 0 Å². The molecule has 7 heteroatoms. The Labute approximate surface area is 189 Å². The Hall–Kier alpha value is -2.74. The molecule has 7 nitrogen and oxygen atoms in total. The molecule has 0 bridgehead atoms. The Morgan fingerprint density at radius 1 is 0.875 bits per heavy atom. The summed E-state index contributed by atoms with van der Waals surface area (Å²) in [5.41, 5.74) is 2.75. The lowest BCUT2D eigenvalue weighted by Gasteiger charge is -2.31. The van der Waals surface area contributed by atoms with Crippen molar-refractivity contribution in [3.05, 3.63) is 65.7 Å². The average Bonchev–Trinajstić information content (AvgIpc) is 2.83. The molecule has 0 aliphatic carbocycles. The van der Waals surface area contributed by atoms with E-state index in [1.807, 2.05) is 42.5 Å². The van der Waals surface area contributed by atoms with Crippen molar-refractivity contribution in [2.45, 2.75) is 25.4 Å². The van der Waals surface area contributed by atoms with E-state index in [1.54, 1.807) is 0 Å². The fourth-order valence-electron chi connectivity index (χ4n) is 4.21. The third-order valence-corrected chi connectivity index (χ3v) is 6.07. The second-order valence-electron chi connectivity index (χ2n) is 8.52. The monoisotopic (exact) mass is 436 g/mol. The molecule has 2 aromatic carbocycles. The van der Waals surface area contributed by atoms with Gasteiger partial charge in [0.1, 0.15) is 0 Å². The zero-order chi connectivity index (χ0) is 22.2. The molecule has 2 N–H and O–H groups in total. The number of ether oxygens (including phenoxy) is 1. The van der Waals surface area contributed by atoms with Gasteiger partial charge >= 0.3 is 0 Å². The number of rotatable bonds is 7. The molecule has 2 fully saturated rings. The van der Waals surface area contributed by atoms with Gasteiger partial charge in [0.2, 0.25) is 5.91 Å². The van der Waals surface area contributed by atoms with Crippen molar-refractivity contribution in [2.75, 3.05) is 51.3 Å². The van der Waals surface area contributed by atoms with Crippen molar-refractivity contribution in [1.29, 1.82) is 0 Å². The van der Waals surface area contributed by atoms with Crippen LogP contribution in [0.5, 0.6) is 0 Å². The third-order valence-electron chi connectivity index (χ3n) is 6.07. The van der Waals surface area contributed by atoms with Crippen LogP contribution in [0.1, 0.15) is 28.8 Å². The van der Waals surface area contributed by atoms with E-state index in [9.17, 15) is 9.59 Å². The first-order chi connectivity index (χ1) is 15.7. The lowest BCUT2D eigenvalue weighted by Crippen LogP contribution is -2.46. The number of morpholine rings is 1. The summed E-state index contributed by atoms with van der Waals surface area (Å²) in [6.07, 6.45) is 1.70. The van der Waals surface area contributed by atoms with E-state index in [4.69, 9.17) is 4.74 Å². The van der Waals surface area contributed by atoms with E-state index in [1.165, 1.54) is 5.56 Å². The normalized spacial score (nSPS) is 18.2. The smallest absolute Gasteiger partial charge is 0.251 e. The first-order valence-electron chi connectivity index (χ1n) is 11.4. The summed E-state index contributed by atoms with van der Waals surface area (Å²) in [7, 11) is 0. The highest BCUT2D eigenvalue weighted by molar-refractivity contribution is 5.94. The second kappa shape index (κ2) is 11.2. The molecule has 2 aliphatic heterocycles. The first-order valence-corrected chi connectivity index (χ1v) is 11.4. The fourth-order valence-corrected chi connectivity index (χ4v) is 4.21. The van der Waals surface area contributed by atoms with Gasteiger partial charge in [-0.25, -0.2) is 0 Å². The van der Waals surface area contributed by atoms with Crippen LogP contribution in [-0.2, 0) is 16.1 Å². The van der Waals surface area contributed by atoms with Crippen LogP contribution >= 0.6 is 0 Å². The second-order valence-corrected chi connectivity index (χ2v) is 8.52. The fraction of sp³-hybridized carbons (Fsp3) is 0.440. The maximum atomic E-state index is 12.5. The Morgan fingerprint density at radius 2 is 1.56 bits per heavy atom. The average molecular weight is 437 g/mol. The molecule has 0 aromatic heterocycles. The largest absolute Gasteiger partial charge is 0.379 e. The number of amides is 2. The van der Waals surface area contributed by atoms with Gasteiger partial charge in [-0.2, -0.15) is 0 Å². The summed E-state index contributed by atoms with van der Waals surface area (Å²) in [5, 5.41) is 6.11. The number of carbonyl (C=O) groups excluding carboxylic acids is 2. The number of piperidine rings is 1. The van der Waals surface area contributed by atoms with E-state index in [0.29, 0.717) is 12.1 Å². The number of carbonyl (C=O) groups is 2. The summed E-state index contributed by atoms with van der Waals surface area (Å²) >= 11 is 0. The van der Waals surface area contributed by atoms with Crippen LogP contribution in [0.15, 0.2) is 54.6 Å². The maximum absolute atomic E-state index is 12.5. The predicted molar refractivity (Wildman–Crippen MR) is 125 cm³/mol. The Morgan fingerprint density at radius 3 is 2.25 bits per heavy atom. The van der Waals surface area contributed by atoms with Crippen molar-refractivity contribution < 1.29 is 14.3 Å². The van der Waals surface area contributed by atoms with Crippen molar-refractivity contribution >= 4 is 17.5 Å². The standard InChI is InChI=1S/C25H32N4O3/c30-24(26-22-8-6-20(7-9-22)18-29-14-16-32-17-15-29)19-28-12-10-23(11-13-28)27-25(31)21-4-2-1-3-5-21/h1-9,23H,10-19H2,(H,26,30)(H,27,31). The van der Waals surface area contributed by atoms with Crippen LogP contribution < -0.4 is 10.6 Å². The first kappa shape index (κ1) is 22.5. The van der Waals surface area contributed by atoms with E-state index in [0.717, 1.165) is 64.5 Å². The molecule has 32 heavy (non-hydrogen) atoms. The van der Waals surface area contributed by atoms with Gasteiger partial charge in [0.25, 0.3) is 5.91 Å². The molecule has 0 unspecified atom stereocenters. The van der Waals surface area contributed by atoms with Gasteiger partial charge in [0.15, 0.2) is 0 Å². The molecular formula is C25H32N4O3. The van der Waals surface area contributed by atoms with Gasteiger partial charge in [0.05, 0.1) is 19.8 Å². The number of benzene rings is 2. The van der Waals surface area contributed by atoms with Crippen molar-refractivity contribution in [2.24, 2.45) is 0 Å². The van der Waals surface area contributed by atoms with Gasteiger partial charge in [-0.05, 0) is 42.7 Å². The SMILES string of the molecule is O=C(CN1CCC(NC(=O)c2ccccc2)CC1)Nc1ccc(CN2CCOCC2)cc1. The number of nitrogens with one attached hydrogen (secondary N) is 2. The zero-order valence-corrected chi connectivity index (χ0v) is 18.5. The number of likely N-dealkylation sites (tertiary alicyclic amines) is 1. The third kappa shape index (κ3) is 6.63. The molecular weight excluding hydrogens is 404 g/mol. The number of hydrogen-bond donors (Lipinski definition) is 2. The highest BCUT2D eigenvalue weighted by Crippen LogP contribution is 2.14. The maximum Gasteiger partial charge on any atom is 0.251 e.